The average Bonchev–Trinajstić information content (AvgIpc) is 2.54. The van der Waals surface area contributed by atoms with Crippen molar-refractivity contribution in [3.63, 3.8) is 0 Å². The van der Waals surface area contributed by atoms with Gasteiger partial charge in [-0.3, -0.25) is 9.59 Å². The Morgan fingerprint density at radius 2 is 2.33 bits per heavy atom. The number of carbonyl (C=O) groups is 2. The van der Waals surface area contributed by atoms with Gasteiger partial charge in [-0.15, -0.1) is 0 Å². The number of carboxylic acid groups (broad SMARTS) is 1. The van der Waals surface area contributed by atoms with E-state index >= 15 is 0 Å². The normalized spacial score (nSPS) is 22.9. The Hall–Kier alpha value is -1.91. The zero-order chi connectivity index (χ0) is 10.8. The average molecular weight is 206 g/mol. The molecule has 1 amide bonds. The molecule has 0 aromatic heterocycles. The third-order valence-electron chi connectivity index (χ3n) is 2.29. The number of hydrogen-bond donors (Lipinski definition) is 1. The second kappa shape index (κ2) is 3.68. The van der Waals surface area contributed by atoms with E-state index in [9.17, 15) is 9.59 Å². The van der Waals surface area contributed by atoms with Gasteiger partial charge in [0, 0.05) is 0 Å². The van der Waals surface area contributed by atoms with Gasteiger partial charge >= 0.3 is 5.97 Å². The Morgan fingerprint density at radius 1 is 1.53 bits per heavy atom. The maximum absolute atomic E-state index is 11.7. The molecule has 1 unspecified atom stereocenters. The summed E-state index contributed by atoms with van der Waals surface area (Å²) in [5.74, 6) is -1.39. The summed E-state index contributed by atoms with van der Waals surface area (Å²) in [5, 5.41) is 13.8. The summed E-state index contributed by atoms with van der Waals surface area (Å²) in [6.45, 7) is 0.135. The van der Waals surface area contributed by atoms with E-state index in [2.05, 4.69) is 5.10 Å². The van der Waals surface area contributed by atoms with Crippen LogP contribution in [0, 0.1) is 5.92 Å². The van der Waals surface area contributed by atoms with Crippen molar-refractivity contribution in [2.24, 2.45) is 11.0 Å². The van der Waals surface area contributed by atoms with E-state index in [1.165, 1.54) is 5.01 Å². The summed E-state index contributed by atoms with van der Waals surface area (Å²) in [4.78, 5) is 22.0. The van der Waals surface area contributed by atoms with E-state index in [0.717, 1.165) is 0 Å². The Labute approximate surface area is 86.4 Å². The first-order chi connectivity index (χ1) is 7.18. The van der Waals surface area contributed by atoms with E-state index in [4.69, 9.17) is 5.11 Å². The fourth-order valence-corrected chi connectivity index (χ4v) is 1.55. The highest BCUT2D eigenvalue weighted by Crippen LogP contribution is 2.20. The van der Waals surface area contributed by atoms with Crippen molar-refractivity contribution >= 4 is 17.6 Å². The van der Waals surface area contributed by atoms with Gasteiger partial charge in [-0.25, -0.2) is 5.01 Å². The zero-order valence-corrected chi connectivity index (χ0v) is 7.96. The lowest BCUT2D eigenvalue weighted by Gasteiger charge is -2.11. The fraction of sp³-hybridized carbons (Fsp3) is 0.300. The predicted octanol–water partition coefficient (Wildman–Crippen LogP) is 0.401. The van der Waals surface area contributed by atoms with Crippen molar-refractivity contribution in [2.75, 3.05) is 6.54 Å². The lowest BCUT2D eigenvalue weighted by molar-refractivity contribution is -0.138. The Balaban J connectivity index is 2.07. The summed E-state index contributed by atoms with van der Waals surface area (Å²) in [6, 6.07) is 0. The molecule has 15 heavy (non-hydrogen) atoms. The molecule has 5 nitrogen and oxygen atoms in total. The van der Waals surface area contributed by atoms with Crippen molar-refractivity contribution in [1.29, 1.82) is 0 Å². The molecule has 0 aromatic carbocycles. The predicted molar refractivity (Wildman–Crippen MR) is 53.2 cm³/mol. The molecule has 0 bridgehead atoms. The topological polar surface area (TPSA) is 70.0 Å². The molecular formula is C10H10N2O3. The first-order valence-electron chi connectivity index (χ1n) is 4.65. The molecule has 78 valence electrons. The van der Waals surface area contributed by atoms with Crippen LogP contribution in [-0.4, -0.2) is 34.2 Å². The first-order valence-corrected chi connectivity index (χ1v) is 4.65. The van der Waals surface area contributed by atoms with Crippen molar-refractivity contribution in [2.45, 2.75) is 6.42 Å². The van der Waals surface area contributed by atoms with E-state index in [1.54, 1.807) is 18.2 Å². The molecule has 0 radical (unpaired) electrons. The fourth-order valence-electron chi connectivity index (χ4n) is 1.55. The molecule has 0 aromatic rings. The minimum atomic E-state index is -0.927. The van der Waals surface area contributed by atoms with Gasteiger partial charge in [-0.2, -0.15) is 5.10 Å². The minimum absolute atomic E-state index is 0.0807. The molecule has 2 rings (SSSR count). The number of rotatable bonds is 3. The van der Waals surface area contributed by atoms with Crippen molar-refractivity contribution in [1.82, 2.24) is 5.01 Å². The zero-order valence-electron chi connectivity index (χ0n) is 7.96. The Bertz CT molecular complexity index is 395. The largest absolute Gasteiger partial charge is 0.481 e. The molecule has 0 fully saturated rings. The second-order valence-electron chi connectivity index (χ2n) is 3.35. The standard InChI is InChI=1S/C10H10N2O3/c13-9(14)5-6-12-10(15)7-3-1-2-4-8(7)11-12/h1-4,7H,5-6H2,(H,13,14). The van der Waals surface area contributed by atoms with Crippen LogP contribution >= 0.6 is 0 Å². The van der Waals surface area contributed by atoms with Crippen molar-refractivity contribution in [3.05, 3.63) is 24.3 Å². The van der Waals surface area contributed by atoms with Gasteiger partial charge in [-0.05, 0) is 6.08 Å². The number of carboxylic acids is 1. The molecule has 1 N–H and O–H groups in total. The molecule has 1 heterocycles. The maximum atomic E-state index is 11.7. The van der Waals surface area contributed by atoms with Crippen LogP contribution in [-0.2, 0) is 9.59 Å². The van der Waals surface area contributed by atoms with Crippen molar-refractivity contribution in [3.8, 4) is 0 Å². The quantitative estimate of drug-likeness (QED) is 0.726. The third kappa shape index (κ3) is 1.81. The van der Waals surface area contributed by atoms with E-state index in [-0.39, 0.29) is 24.8 Å². The summed E-state index contributed by atoms with van der Waals surface area (Å²) in [6.07, 6.45) is 7.06. The van der Waals surface area contributed by atoms with Gasteiger partial charge in [-0.1, -0.05) is 18.2 Å². The number of hydrogen-bond acceptors (Lipinski definition) is 3. The number of allylic oxidation sites excluding steroid dienone is 3. The maximum Gasteiger partial charge on any atom is 0.305 e. The molecule has 0 saturated heterocycles. The summed E-state index contributed by atoms with van der Waals surface area (Å²) >= 11 is 0. The first kappa shape index (κ1) is 9.64. The number of hydrazone groups is 1. The monoisotopic (exact) mass is 206 g/mol. The molecule has 1 atom stereocenters. The highest BCUT2D eigenvalue weighted by Gasteiger charge is 2.33. The van der Waals surface area contributed by atoms with Crippen molar-refractivity contribution < 1.29 is 14.7 Å². The Morgan fingerprint density at radius 3 is 3.00 bits per heavy atom. The molecular weight excluding hydrogens is 196 g/mol. The van der Waals surface area contributed by atoms with Gasteiger partial charge in [0.15, 0.2) is 0 Å². The minimum Gasteiger partial charge on any atom is -0.481 e. The lowest BCUT2D eigenvalue weighted by atomic mass is 9.99. The number of aliphatic carboxylic acids is 1. The highest BCUT2D eigenvalue weighted by molar-refractivity contribution is 6.15. The second-order valence-corrected chi connectivity index (χ2v) is 3.35. The van der Waals surface area contributed by atoms with Gasteiger partial charge in [0.05, 0.1) is 18.7 Å². The van der Waals surface area contributed by atoms with Crippen LogP contribution in [0.25, 0.3) is 0 Å². The summed E-state index contributed by atoms with van der Waals surface area (Å²) in [7, 11) is 0. The summed E-state index contributed by atoms with van der Waals surface area (Å²) in [5.41, 5.74) is 0.688. The van der Waals surface area contributed by atoms with E-state index in [0.29, 0.717) is 5.71 Å². The molecule has 1 aliphatic carbocycles. The van der Waals surface area contributed by atoms with Gasteiger partial charge in [0.2, 0.25) is 0 Å². The van der Waals surface area contributed by atoms with Crippen LogP contribution in [0.2, 0.25) is 0 Å². The molecule has 0 saturated carbocycles. The van der Waals surface area contributed by atoms with Gasteiger partial charge in [0.1, 0.15) is 5.92 Å². The molecule has 2 aliphatic rings. The van der Waals surface area contributed by atoms with Gasteiger partial charge in [0.25, 0.3) is 5.91 Å². The number of carbonyl (C=O) groups excluding carboxylic acids is 1. The van der Waals surface area contributed by atoms with Crippen LogP contribution in [0.3, 0.4) is 0 Å². The summed E-state index contributed by atoms with van der Waals surface area (Å²) < 4.78 is 0. The van der Waals surface area contributed by atoms with Crippen LogP contribution in [0.4, 0.5) is 0 Å². The van der Waals surface area contributed by atoms with Gasteiger partial charge < -0.3 is 5.11 Å². The van der Waals surface area contributed by atoms with Crippen LogP contribution in [0.15, 0.2) is 29.4 Å². The Kier molecular flexibility index (Phi) is 2.37. The van der Waals surface area contributed by atoms with Crippen LogP contribution in [0.5, 0.6) is 0 Å². The van der Waals surface area contributed by atoms with E-state index in [1.807, 2.05) is 6.08 Å². The number of nitrogens with zero attached hydrogens (tertiary/aromatic N) is 2. The highest BCUT2D eigenvalue weighted by atomic mass is 16.4. The third-order valence-corrected chi connectivity index (χ3v) is 2.29. The molecule has 1 aliphatic heterocycles. The lowest BCUT2D eigenvalue weighted by Crippen LogP contribution is -2.28. The van der Waals surface area contributed by atoms with Crippen LogP contribution < -0.4 is 0 Å². The molecule has 0 spiro atoms. The molecule has 5 heteroatoms. The number of fused-ring (bicyclic) bond motifs is 1. The van der Waals surface area contributed by atoms with E-state index < -0.39 is 5.97 Å². The SMILES string of the molecule is O=C(O)CCN1N=C2C=CC=CC2C1=O. The number of amides is 1. The smallest absolute Gasteiger partial charge is 0.305 e. The van der Waals surface area contributed by atoms with Crippen LogP contribution in [0.1, 0.15) is 6.42 Å².